The zero-order valence-electron chi connectivity index (χ0n) is 17.2. The lowest BCUT2D eigenvalue weighted by atomic mass is 10.2. The lowest BCUT2D eigenvalue weighted by molar-refractivity contribution is -0.145. The molecule has 1 aromatic rings. The van der Waals surface area contributed by atoms with Gasteiger partial charge in [-0.15, -0.1) is 0 Å². The van der Waals surface area contributed by atoms with Gasteiger partial charge in [-0.05, 0) is 19.4 Å². The molecule has 0 unspecified atom stereocenters. The second kappa shape index (κ2) is 14.4. The van der Waals surface area contributed by atoms with Gasteiger partial charge in [0.25, 0.3) is 5.91 Å². The first kappa shape index (κ1) is 24.4. The quantitative estimate of drug-likeness (QED) is 0.291. The monoisotopic (exact) mass is 422 g/mol. The van der Waals surface area contributed by atoms with E-state index in [2.05, 4.69) is 25.7 Å². The van der Waals surface area contributed by atoms with Crippen LogP contribution in [0.15, 0.2) is 40.6 Å². The van der Waals surface area contributed by atoms with Gasteiger partial charge in [-0.2, -0.15) is 0 Å². The van der Waals surface area contributed by atoms with Crippen LogP contribution in [0.25, 0.3) is 0 Å². The maximum atomic E-state index is 11.7. The first-order valence-corrected chi connectivity index (χ1v) is 8.99. The van der Waals surface area contributed by atoms with Crippen molar-refractivity contribution in [3.63, 3.8) is 0 Å². The van der Waals surface area contributed by atoms with Crippen LogP contribution >= 0.6 is 0 Å². The second-order valence-electron chi connectivity index (χ2n) is 5.97. The van der Waals surface area contributed by atoms with E-state index in [4.69, 9.17) is 14.4 Å². The number of amides is 2. The van der Waals surface area contributed by atoms with Crippen molar-refractivity contribution >= 4 is 29.4 Å². The second-order valence-corrected chi connectivity index (χ2v) is 5.97. The van der Waals surface area contributed by atoms with Crippen LogP contribution in [0.5, 0.6) is 0 Å². The van der Waals surface area contributed by atoms with E-state index in [0.29, 0.717) is 11.4 Å². The van der Waals surface area contributed by atoms with E-state index in [9.17, 15) is 14.4 Å². The molecule has 0 aliphatic heterocycles. The van der Waals surface area contributed by atoms with E-state index in [1.807, 2.05) is 30.3 Å². The number of methoxy groups -OCH3 is 1. The van der Waals surface area contributed by atoms with E-state index in [0.717, 1.165) is 5.56 Å². The van der Waals surface area contributed by atoms with Crippen LogP contribution in [0.3, 0.4) is 0 Å². The van der Waals surface area contributed by atoms with Crippen molar-refractivity contribution < 1.29 is 33.5 Å². The van der Waals surface area contributed by atoms with E-state index < -0.39 is 18.0 Å². The molecule has 0 saturated heterocycles. The van der Waals surface area contributed by atoms with E-state index in [1.54, 1.807) is 13.8 Å². The molecular formula is C19H26N4O7. The van der Waals surface area contributed by atoms with E-state index in [-0.39, 0.29) is 32.9 Å². The molecule has 1 aromatic carbocycles. The van der Waals surface area contributed by atoms with Gasteiger partial charge in [0.1, 0.15) is 6.61 Å². The number of esters is 1. The highest BCUT2D eigenvalue weighted by atomic mass is 16.7. The predicted molar refractivity (Wildman–Crippen MR) is 108 cm³/mol. The lowest BCUT2D eigenvalue weighted by Gasteiger charge is -2.07. The lowest BCUT2D eigenvalue weighted by Crippen LogP contribution is -2.32. The van der Waals surface area contributed by atoms with Gasteiger partial charge in [-0.3, -0.25) is 4.79 Å². The number of rotatable bonds is 12. The predicted octanol–water partition coefficient (Wildman–Crippen LogP) is 0.987. The van der Waals surface area contributed by atoms with Gasteiger partial charge in [-0.1, -0.05) is 40.6 Å². The Morgan fingerprint density at radius 2 is 1.50 bits per heavy atom. The van der Waals surface area contributed by atoms with Crippen LogP contribution in [0, 0.1) is 0 Å². The Labute approximate surface area is 174 Å². The van der Waals surface area contributed by atoms with Gasteiger partial charge >= 0.3 is 12.1 Å². The number of alkyl carbamates (subject to hydrolysis) is 1. The molecule has 0 saturated carbocycles. The summed E-state index contributed by atoms with van der Waals surface area (Å²) in [5.41, 5.74) is 1.78. The summed E-state index contributed by atoms with van der Waals surface area (Å²) in [6, 6.07) is 9.28. The Balaban J connectivity index is 2.16. The van der Waals surface area contributed by atoms with Gasteiger partial charge in [-0.25, -0.2) is 9.59 Å². The van der Waals surface area contributed by atoms with Gasteiger partial charge in [0, 0.05) is 0 Å². The van der Waals surface area contributed by atoms with Crippen LogP contribution in [-0.4, -0.2) is 62.8 Å². The van der Waals surface area contributed by atoms with Crippen molar-refractivity contribution in [1.29, 1.82) is 0 Å². The summed E-state index contributed by atoms with van der Waals surface area (Å²) in [5, 5.41) is 12.5. The van der Waals surface area contributed by atoms with Crippen LogP contribution < -0.4 is 10.6 Å². The van der Waals surface area contributed by atoms with Crippen molar-refractivity contribution in [3.05, 3.63) is 35.9 Å². The van der Waals surface area contributed by atoms with E-state index in [1.165, 1.54) is 7.11 Å². The summed E-state index contributed by atoms with van der Waals surface area (Å²) in [7, 11) is 1.24. The van der Waals surface area contributed by atoms with Crippen LogP contribution in [0.2, 0.25) is 0 Å². The maximum Gasteiger partial charge on any atom is 0.407 e. The molecule has 164 valence electrons. The molecular weight excluding hydrogens is 396 g/mol. The van der Waals surface area contributed by atoms with Crippen molar-refractivity contribution in [1.82, 2.24) is 10.6 Å². The Hall–Kier alpha value is -3.63. The first-order valence-electron chi connectivity index (χ1n) is 8.99. The fourth-order valence-corrected chi connectivity index (χ4v) is 1.77. The normalized spacial score (nSPS) is 11.3. The minimum Gasteiger partial charge on any atom is -0.466 e. The summed E-state index contributed by atoms with van der Waals surface area (Å²) >= 11 is 0. The molecule has 30 heavy (non-hydrogen) atoms. The zero-order chi connectivity index (χ0) is 22.2. The third-order valence-electron chi connectivity index (χ3n) is 3.29. The minimum absolute atomic E-state index is 0.110. The highest BCUT2D eigenvalue weighted by Crippen LogP contribution is 2.00. The van der Waals surface area contributed by atoms with Crippen molar-refractivity contribution in [2.75, 3.05) is 33.4 Å². The highest BCUT2D eigenvalue weighted by Gasteiger charge is 2.05. The standard InChI is InChI=1S/C19H26N4O7/c1-14(23-30-13-18(25)27-3)9-20-17(24)12-29-22-15(2)10-21-19(26)28-11-16-7-5-4-6-8-16/h4-8H,9-13H2,1-3H3,(H,20,24)(H,21,26)/b22-15+,23-14+. The van der Waals surface area contributed by atoms with E-state index >= 15 is 0 Å². The highest BCUT2D eigenvalue weighted by molar-refractivity contribution is 5.88. The number of nitrogens with one attached hydrogen (secondary N) is 2. The average molecular weight is 422 g/mol. The summed E-state index contributed by atoms with van der Waals surface area (Å²) in [5.74, 6) is -0.986. The molecule has 0 radical (unpaired) electrons. The average Bonchev–Trinajstić information content (AvgIpc) is 2.75. The molecule has 0 aliphatic rings. The minimum atomic E-state index is -0.588. The Kier molecular flexibility index (Phi) is 11.7. The van der Waals surface area contributed by atoms with Gasteiger partial charge in [0.15, 0.2) is 6.61 Å². The Bertz CT molecular complexity index is 751. The van der Waals surface area contributed by atoms with Crippen molar-refractivity contribution in [3.8, 4) is 0 Å². The summed E-state index contributed by atoms with van der Waals surface area (Å²) in [4.78, 5) is 43.9. The van der Waals surface area contributed by atoms with Gasteiger partial charge in [0.2, 0.25) is 6.61 Å². The number of hydrogen-bond donors (Lipinski definition) is 2. The van der Waals surface area contributed by atoms with Gasteiger partial charge in [0.05, 0.1) is 31.6 Å². The molecule has 2 amide bonds. The molecule has 0 aliphatic carbocycles. The fraction of sp³-hybridized carbons (Fsp3) is 0.421. The molecule has 0 heterocycles. The summed E-state index contributed by atoms with van der Waals surface area (Å²) < 4.78 is 9.46. The smallest absolute Gasteiger partial charge is 0.407 e. The maximum absolute atomic E-state index is 11.7. The molecule has 0 fully saturated rings. The fourth-order valence-electron chi connectivity index (χ4n) is 1.77. The largest absolute Gasteiger partial charge is 0.466 e. The third kappa shape index (κ3) is 12.0. The zero-order valence-corrected chi connectivity index (χ0v) is 17.2. The number of ether oxygens (including phenoxy) is 2. The number of hydrogen-bond acceptors (Lipinski definition) is 9. The van der Waals surface area contributed by atoms with Crippen LogP contribution in [-0.2, 0) is 35.3 Å². The third-order valence-corrected chi connectivity index (χ3v) is 3.29. The Morgan fingerprint density at radius 3 is 2.13 bits per heavy atom. The van der Waals surface area contributed by atoms with Gasteiger partial charge < -0.3 is 29.8 Å². The van der Waals surface area contributed by atoms with Crippen molar-refractivity contribution in [2.45, 2.75) is 20.5 Å². The number of carbonyl (C=O) groups excluding carboxylic acids is 3. The number of benzene rings is 1. The molecule has 11 nitrogen and oxygen atoms in total. The van der Waals surface area contributed by atoms with Crippen LogP contribution in [0.4, 0.5) is 4.79 Å². The first-order chi connectivity index (χ1) is 14.4. The molecule has 0 aromatic heterocycles. The topological polar surface area (TPSA) is 137 Å². The molecule has 0 bridgehead atoms. The molecule has 0 atom stereocenters. The van der Waals surface area contributed by atoms with Crippen LogP contribution in [0.1, 0.15) is 19.4 Å². The Morgan fingerprint density at radius 1 is 0.900 bits per heavy atom. The van der Waals surface area contributed by atoms with Crippen molar-refractivity contribution in [2.24, 2.45) is 10.3 Å². The number of nitrogens with zero attached hydrogens (tertiary/aromatic N) is 2. The number of oxime groups is 2. The molecule has 0 spiro atoms. The molecule has 11 heteroatoms. The summed E-state index contributed by atoms with van der Waals surface area (Å²) in [6.07, 6.45) is -0.588. The SMILES string of the molecule is COC(=O)CO/N=C(\C)CNC(=O)CO/N=C(\C)CNC(=O)OCc1ccccc1. The number of carbonyl (C=O) groups is 3. The summed E-state index contributed by atoms with van der Waals surface area (Å²) in [6.45, 7) is 3.00. The molecule has 1 rings (SSSR count). The molecule has 2 N–H and O–H groups in total.